The summed E-state index contributed by atoms with van der Waals surface area (Å²) in [6.07, 6.45) is 1.84. The largest absolute Gasteiger partial charge is 0.390 e. The summed E-state index contributed by atoms with van der Waals surface area (Å²) in [6, 6.07) is 7.26. The van der Waals surface area contributed by atoms with Gasteiger partial charge in [0.1, 0.15) is 0 Å². The number of amides is 1. The van der Waals surface area contributed by atoms with Crippen molar-refractivity contribution in [1.82, 2.24) is 0 Å². The van der Waals surface area contributed by atoms with Gasteiger partial charge in [-0.05, 0) is 37.5 Å². The van der Waals surface area contributed by atoms with Crippen LogP contribution in [0.15, 0.2) is 24.3 Å². The Bertz CT molecular complexity index is 480. The number of benzene rings is 1. The molecule has 0 unspecified atom stereocenters. The Balaban J connectivity index is 1.79. The fourth-order valence-electron chi connectivity index (χ4n) is 3.12. The van der Waals surface area contributed by atoms with E-state index in [0.29, 0.717) is 24.3 Å². The van der Waals surface area contributed by atoms with Gasteiger partial charge in [-0.15, -0.1) is 0 Å². The molecule has 4 heteroatoms. The highest BCUT2D eigenvalue weighted by atomic mass is 35.5. The van der Waals surface area contributed by atoms with Crippen molar-refractivity contribution in [1.29, 1.82) is 0 Å². The van der Waals surface area contributed by atoms with Gasteiger partial charge >= 0.3 is 0 Å². The van der Waals surface area contributed by atoms with Crippen LogP contribution in [0.4, 0.5) is 5.69 Å². The molecule has 0 atom stereocenters. The molecule has 0 aliphatic heterocycles. The van der Waals surface area contributed by atoms with Gasteiger partial charge in [-0.1, -0.05) is 17.7 Å². The SMILES string of the molecule is CN(C(=O)C12CC(O)(C1)C2)c1cccc(Cl)c1. The van der Waals surface area contributed by atoms with Gasteiger partial charge in [0.25, 0.3) is 0 Å². The standard InChI is InChI=1S/C13H14ClNO2/c1-15(10-4-2-3-9(14)5-10)11(16)12-6-13(17,7-12)8-12/h2-5,17H,6-8H2,1H3. The van der Waals surface area contributed by atoms with Gasteiger partial charge < -0.3 is 10.0 Å². The number of aliphatic hydroxyl groups is 1. The first-order valence-electron chi connectivity index (χ1n) is 5.70. The Hall–Kier alpha value is -1.06. The Kier molecular flexibility index (Phi) is 2.11. The summed E-state index contributed by atoms with van der Waals surface area (Å²) >= 11 is 5.91. The monoisotopic (exact) mass is 251 g/mol. The van der Waals surface area contributed by atoms with Gasteiger partial charge in [-0.3, -0.25) is 4.79 Å². The van der Waals surface area contributed by atoms with Gasteiger partial charge in [0.15, 0.2) is 0 Å². The highest BCUT2D eigenvalue weighted by Gasteiger charge is 2.71. The summed E-state index contributed by atoms with van der Waals surface area (Å²) in [4.78, 5) is 14.0. The van der Waals surface area contributed by atoms with E-state index in [1.807, 2.05) is 12.1 Å². The van der Waals surface area contributed by atoms with Gasteiger partial charge in [0.2, 0.25) is 5.91 Å². The zero-order chi connectivity index (χ0) is 12.3. The van der Waals surface area contributed by atoms with Crippen molar-refractivity contribution in [3.8, 4) is 0 Å². The van der Waals surface area contributed by atoms with E-state index in [1.54, 1.807) is 24.1 Å². The number of carbonyl (C=O) groups excluding carboxylic acids is 1. The summed E-state index contributed by atoms with van der Waals surface area (Å²) in [6.45, 7) is 0. The first-order chi connectivity index (χ1) is 7.94. The fourth-order valence-corrected chi connectivity index (χ4v) is 3.30. The zero-order valence-corrected chi connectivity index (χ0v) is 10.4. The highest BCUT2D eigenvalue weighted by Crippen LogP contribution is 2.67. The quantitative estimate of drug-likeness (QED) is 0.876. The Morgan fingerprint density at radius 1 is 1.41 bits per heavy atom. The van der Waals surface area contributed by atoms with E-state index in [0.717, 1.165) is 5.69 Å². The topological polar surface area (TPSA) is 40.5 Å². The molecular formula is C13H14ClNO2. The Morgan fingerprint density at radius 2 is 2.06 bits per heavy atom. The lowest BCUT2D eigenvalue weighted by Gasteiger charge is -2.66. The van der Waals surface area contributed by atoms with Gasteiger partial charge in [-0.25, -0.2) is 0 Å². The van der Waals surface area contributed by atoms with Crippen LogP contribution < -0.4 is 4.90 Å². The second kappa shape index (κ2) is 3.24. The molecule has 3 nitrogen and oxygen atoms in total. The molecule has 0 heterocycles. The second-order valence-electron chi connectivity index (χ2n) is 5.38. The third-order valence-electron chi connectivity index (χ3n) is 3.96. The molecule has 0 radical (unpaired) electrons. The van der Waals surface area contributed by atoms with Crippen molar-refractivity contribution in [2.45, 2.75) is 24.9 Å². The minimum absolute atomic E-state index is 0.0932. The molecule has 0 aromatic heterocycles. The van der Waals surface area contributed by atoms with Crippen LogP contribution in [-0.2, 0) is 4.79 Å². The minimum atomic E-state index is -0.537. The van der Waals surface area contributed by atoms with Crippen molar-refractivity contribution in [2.24, 2.45) is 5.41 Å². The van der Waals surface area contributed by atoms with Crippen LogP contribution in [0, 0.1) is 5.41 Å². The number of anilines is 1. The molecule has 90 valence electrons. The van der Waals surface area contributed by atoms with Gasteiger partial charge in [0, 0.05) is 17.8 Å². The van der Waals surface area contributed by atoms with Gasteiger partial charge in [0.05, 0.1) is 11.0 Å². The number of nitrogens with zero attached hydrogens (tertiary/aromatic N) is 1. The maximum absolute atomic E-state index is 12.3. The molecule has 2 bridgehead atoms. The Morgan fingerprint density at radius 3 is 2.59 bits per heavy atom. The van der Waals surface area contributed by atoms with E-state index >= 15 is 0 Å². The van der Waals surface area contributed by atoms with E-state index in [1.165, 1.54) is 0 Å². The first-order valence-corrected chi connectivity index (χ1v) is 6.08. The van der Waals surface area contributed by atoms with E-state index in [9.17, 15) is 9.90 Å². The molecule has 3 fully saturated rings. The van der Waals surface area contributed by atoms with Crippen molar-refractivity contribution < 1.29 is 9.90 Å². The van der Waals surface area contributed by atoms with Crippen LogP contribution in [0.3, 0.4) is 0 Å². The number of rotatable bonds is 2. The molecule has 3 aliphatic rings. The first kappa shape index (κ1) is 11.1. The number of hydrogen-bond acceptors (Lipinski definition) is 2. The van der Waals surface area contributed by atoms with Crippen LogP contribution in [0.5, 0.6) is 0 Å². The lowest BCUT2D eigenvalue weighted by molar-refractivity contribution is -0.248. The van der Waals surface area contributed by atoms with Gasteiger partial charge in [-0.2, -0.15) is 0 Å². The molecule has 1 amide bonds. The number of halogens is 1. The molecule has 3 saturated carbocycles. The fraction of sp³-hybridized carbons (Fsp3) is 0.462. The van der Waals surface area contributed by atoms with Crippen molar-refractivity contribution >= 4 is 23.2 Å². The van der Waals surface area contributed by atoms with E-state index in [4.69, 9.17) is 11.6 Å². The smallest absolute Gasteiger partial charge is 0.233 e. The predicted octanol–water partition coefficient (Wildman–Crippen LogP) is 2.22. The molecule has 1 N–H and O–H groups in total. The molecule has 0 saturated heterocycles. The summed E-state index contributed by atoms with van der Waals surface area (Å²) in [7, 11) is 1.76. The van der Waals surface area contributed by atoms with Crippen LogP contribution in [0.2, 0.25) is 5.02 Å². The normalized spacial score (nSPS) is 33.6. The highest BCUT2D eigenvalue weighted by molar-refractivity contribution is 6.30. The maximum Gasteiger partial charge on any atom is 0.233 e. The van der Waals surface area contributed by atoms with Crippen LogP contribution in [-0.4, -0.2) is 23.7 Å². The summed E-state index contributed by atoms with van der Waals surface area (Å²) in [5.41, 5.74) is -0.0318. The number of carbonyl (C=O) groups is 1. The minimum Gasteiger partial charge on any atom is -0.390 e. The van der Waals surface area contributed by atoms with Crippen LogP contribution in [0.25, 0.3) is 0 Å². The van der Waals surface area contributed by atoms with E-state index in [2.05, 4.69) is 0 Å². The van der Waals surface area contributed by atoms with Crippen molar-refractivity contribution in [2.75, 3.05) is 11.9 Å². The molecule has 4 rings (SSSR count). The lowest BCUT2D eigenvalue weighted by Crippen LogP contribution is -2.72. The van der Waals surface area contributed by atoms with E-state index < -0.39 is 5.60 Å². The lowest BCUT2D eigenvalue weighted by atomic mass is 9.41. The summed E-state index contributed by atoms with van der Waals surface area (Å²) < 4.78 is 0. The molecule has 1 aromatic rings. The van der Waals surface area contributed by atoms with Crippen LogP contribution in [0.1, 0.15) is 19.3 Å². The second-order valence-corrected chi connectivity index (χ2v) is 5.82. The third-order valence-corrected chi connectivity index (χ3v) is 4.19. The molecule has 0 spiro atoms. The zero-order valence-electron chi connectivity index (χ0n) is 9.61. The van der Waals surface area contributed by atoms with Crippen molar-refractivity contribution in [3.05, 3.63) is 29.3 Å². The average Bonchev–Trinajstić information content (AvgIpc) is 2.21. The summed E-state index contributed by atoms with van der Waals surface area (Å²) in [5, 5.41) is 10.3. The molecular weight excluding hydrogens is 238 g/mol. The van der Waals surface area contributed by atoms with E-state index in [-0.39, 0.29) is 11.3 Å². The van der Waals surface area contributed by atoms with Crippen LogP contribution >= 0.6 is 11.6 Å². The number of hydrogen-bond donors (Lipinski definition) is 1. The molecule has 1 aromatic carbocycles. The third kappa shape index (κ3) is 1.49. The summed E-state index contributed by atoms with van der Waals surface area (Å²) in [5.74, 6) is 0.0932. The predicted molar refractivity (Wildman–Crippen MR) is 66.1 cm³/mol. The Labute approximate surface area is 105 Å². The average molecular weight is 252 g/mol. The maximum atomic E-state index is 12.3. The van der Waals surface area contributed by atoms with Crippen molar-refractivity contribution in [3.63, 3.8) is 0 Å². The molecule has 17 heavy (non-hydrogen) atoms. The molecule has 3 aliphatic carbocycles.